The first-order valence-electron chi connectivity index (χ1n) is 7.47. The van der Waals surface area contributed by atoms with Crippen molar-refractivity contribution < 1.29 is 19.4 Å². The van der Waals surface area contributed by atoms with Gasteiger partial charge in [-0.1, -0.05) is 31.0 Å². The molecular formula is C16H21ClFNO3. The van der Waals surface area contributed by atoms with Crippen LogP contribution >= 0.6 is 11.6 Å². The van der Waals surface area contributed by atoms with Crippen LogP contribution in [0.4, 0.5) is 4.39 Å². The highest BCUT2D eigenvalue weighted by molar-refractivity contribution is 6.30. The van der Waals surface area contributed by atoms with E-state index in [-0.39, 0.29) is 6.54 Å². The number of aliphatic hydroxyl groups excluding tert-OH is 1. The Balaban J connectivity index is 2.17. The average molecular weight is 330 g/mol. The van der Waals surface area contributed by atoms with Crippen LogP contribution in [0.15, 0.2) is 18.2 Å². The van der Waals surface area contributed by atoms with Gasteiger partial charge in [0.1, 0.15) is 11.2 Å². The molecular weight excluding hydrogens is 309 g/mol. The zero-order valence-electron chi connectivity index (χ0n) is 12.6. The van der Waals surface area contributed by atoms with Crippen LogP contribution in [0, 0.1) is 11.2 Å². The number of aliphatic hydroxyl groups is 1. The Morgan fingerprint density at radius 2 is 2.27 bits per heavy atom. The van der Waals surface area contributed by atoms with E-state index in [0.717, 1.165) is 0 Å². The molecule has 2 rings (SSSR count). The molecule has 0 aliphatic carbocycles. The van der Waals surface area contributed by atoms with Gasteiger partial charge in [0.25, 0.3) is 0 Å². The Labute approximate surface area is 134 Å². The number of rotatable bonds is 5. The minimum absolute atomic E-state index is 0.222. The summed E-state index contributed by atoms with van der Waals surface area (Å²) in [5, 5.41) is 20.1. The SMILES string of the molecule is CCC[C@@]1(C(=O)O)CN(Cc2ccc(Cl)cc2F)CC[C@@H]1O. The van der Waals surface area contributed by atoms with E-state index in [9.17, 15) is 19.4 Å². The van der Waals surface area contributed by atoms with E-state index in [0.29, 0.717) is 42.9 Å². The molecule has 1 aromatic rings. The van der Waals surface area contributed by atoms with E-state index in [2.05, 4.69) is 0 Å². The van der Waals surface area contributed by atoms with Crippen molar-refractivity contribution in [1.29, 1.82) is 0 Å². The minimum Gasteiger partial charge on any atom is -0.481 e. The van der Waals surface area contributed by atoms with Gasteiger partial charge in [0.2, 0.25) is 0 Å². The third kappa shape index (κ3) is 3.42. The fraction of sp³-hybridized carbons (Fsp3) is 0.562. The lowest BCUT2D eigenvalue weighted by molar-refractivity contribution is -0.164. The van der Waals surface area contributed by atoms with Crippen LogP contribution in [-0.4, -0.2) is 40.3 Å². The second-order valence-corrected chi connectivity index (χ2v) is 6.40. The maximum atomic E-state index is 13.9. The van der Waals surface area contributed by atoms with Gasteiger partial charge in [-0.05, 0) is 25.0 Å². The van der Waals surface area contributed by atoms with E-state index >= 15 is 0 Å². The van der Waals surface area contributed by atoms with Crippen LogP contribution in [0.2, 0.25) is 5.02 Å². The number of halogens is 2. The van der Waals surface area contributed by atoms with Crippen molar-refractivity contribution in [1.82, 2.24) is 4.90 Å². The first kappa shape index (κ1) is 17.2. The zero-order chi connectivity index (χ0) is 16.3. The highest BCUT2D eigenvalue weighted by atomic mass is 35.5. The van der Waals surface area contributed by atoms with Crippen LogP contribution in [0.3, 0.4) is 0 Å². The minimum atomic E-state index is -1.17. The molecule has 1 aliphatic heterocycles. The molecule has 1 heterocycles. The molecule has 1 saturated heterocycles. The Kier molecular flexibility index (Phi) is 5.42. The van der Waals surface area contributed by atoms with E-state index < -0.39 is 23.3 Å². The maximum Gasteiger partial charge on any atom is 0.313 e. The molecule has 122 valence electrons. The summed E-state index contributed by atoms with van der Waals surface area (Å²) >= 11 is 5.74. The molecule has 22 heavy (non-hydrogen) atoms. The van der Waals surface area contributed by atoms with Crippen molar-refractivity contribution in [3.8, 4) is 0 Å². The van der Waals surface area contributed by atoms with Crippen molar-refractivity contribution in [2.75, 3.05) is 13.1 Å². The molecule has 2 N–H and O–H groups in total. The standard InChI is InChI=1S/C16H21ClFNO3/c1-2-6-16(15(21)22)10-19(7-5-14(16)20)9-11-3-4-12(17)8-13(11)18/h3-4,8,14,20H,2,5-7,9-10H2,1H3,(H,21,22)/t14-,16+/m0/s1. The third-order valence-corrected chi connectivity index (χ3v) is 4.63. The van der Waals surface area contributed by atoms with Gasteiger partial charge in [0.05, 0.1) is 6.10 Å². The number of nitrogens with zero attached hydrogens (tertiary/aromatic N) is 1. The van der Waals surface area contributed by atoms with Gasteiger partial charge in [0.15, 0.2) is 0 Å². The number of benzene rings is 1. The van der Waals surface area contributed by atoms with Crippen LogP contribution in [-0.2, 0) is 11.3 Å². The first-order chi connectivity index (χ1) is 10.4. The number of aliphatic carboxylic acids is 1. The van der Waals surface area contributed by atoms with Crippen LogP contribution in [0.1, 0.15) is 31.7 Å². The number of hydrogen-bond donors (Lipinski definition) is 2. The molecule has 2 atom stereocenters. The van der Waals surface area contributed by atoms with Crippen molar-refractivity contribution in [2.45, 2.75) is 38.8 Å². The fourth-order valence-electron chi connectivity index (χ4n) is 3.20. The molecule has 0 amide bonds. The van der Waals surface area contributed by atoms with E-state index in [1.54, 1.807) is 12.1 Å². The lowest BCUT2D eigenvalue weighted by atomic mass is 9.74. The third-order valence-electron chi connectivity index (χ3n) is 4.39. The quantitative estimate of drug-likeness (QED) is 0.872. The number of piperidine rings is 1. The van der Waals surface area contributed by atoms with E-state index in [1.165, 1.54) is 6.07 Å². The molecule has 0 spiro atoms. The highest BCUT2D eigenvalue weighted by Gasteiger charge is 2.48. The van der Waals surface area contributed by atoms with Crippen LogP contribution < -0.4 is 0 Å². The van der Waals surface area contributed by atoms with Gasteiger partial charge in [-0.15, -0.1) is 0 Å². The Bertz CT molecular complexity index is 554. The maximum absolute atomic E-state index is 13.9. The molecule has 1 aromatic carbocycles. The highest BCUT2D eigenvalue weighted by Crippen LogP contribution is 2.36. The summed E-state index contributed by atoms with van der Waals surface area (Å²) in [6.45, 7) is 2.98. The van der Waals surface area contributed by atoms with Gasteiger partial charge in [-0.3, -0.25) is 9.69 Å². The lowest BCUT2D eigenvalue weighted by Gasteiger charge is -2.43. The summed E-state index contributed by atoms with van der Waals surface area (Å²) in [5.74, 6) is -1.38. The number of carboxylic acids is 1. The van der Waals surface area contributed by atoms with Gasteiger partial charge >= 0.3 is 5.97 Å². The molecule has 6 heteroatoms. The monoisotopic (exact) mass is 329 g/mol. The largest absolute Gasteiger partial charge is 0.481 e. The molecule has 0 unspecified atom stereocenters. The molecule has 0 radical (unpaired) electrons. The zero-order valence-corrected chi connectivity index (χ0v) is 13.3. The average Bonchev–Trinajstić information content (AvgIpc) is 2.45. The predicted molar refractivity (Wildman–Crippen MR) is 82.3 cm³/mol. The molecule has 1 fully saturated rings. The van der Waals surface area contributed by atoms with Crippen molar-refractivity contribution >= 4 is 17.6 Å². The van der Waals surface area contributed by atoms with Gasteiger partial charge in [-0.25, -0.2) is 4.39 Å². The van der Waals surface area contributed by atoms with Gasteiger partial charge in [0, 0.05) is 30.2 Å². The second-order valence-electron chi connectivity index (χ2n) is 5.96. The Morgan fingerprint density at radius 1 is 1.55 bits per heavy atom. The van der Waals surface area contributed by atoms with Crippen molar-refractivity contribution in [3.05, 3.63) is 34.6 Å². The summed E-state index contributed by atoms with van der Waals surface area (Å²) in [5.41, 5.74) is -0.688. The lowest BCUT2D eigenvalue weighted by Crippen LogP contribution is -2.55. The van der Waals surface area contributed by atoms with Crippen LogP contribution in [0.5, 0.6) is 0 Å². The summed E-state index contributed by atoms with van der Waals surface area (Å²) in [4.78, 5) is 13.6. The number of hydrogen-bond acceptors (Lipinski definition) is 3. The Morgan fingerprint density at radius 3 is 2.86 bits per heavy atom. The topological polar surface area (TPSA) is 60.8 Å². The number of likely N-dealkylation sites (tertiary alicyclic amines) is 1. The van der Waals surface area contributed by atoms with Crippen LogP contribution in [0.25, 0.3) is 0 Å². The Hall–Kier alpha value is -1.17. The van der Waals surface area contributed by atoms with Crippen molar-refractivity contribution in [2.24, 2.45) is 5.41 Å². The van der Waals surface area contributed by atoms with Crippen molar-refractivity contribution in [3.63, 3.8) is 0 Å². The predicted octanol–water partition coefficient (Wildman–Crippen LogP) is 2.92. The fourth-order valence-corrected chi connectivity index (χ4v) is 3.36. The first-order valence-corrected chi connectivity index (χ1v) is 7.84. The molecule has 4 nitrogen and oxygen atoms in total. The van der Waals surface area contributed by atoms with Gasteiger partial charge < -0.3 is 10.2 Å². The molecule has 0 saturated carbocycles. The molecule has 0 aromatic heterocycles. The van der Waals surface area contributed by atoms with E-state index in [4.69, 9.17) is 11.6 Å². The molecule has 1 aliphatic rings. The number of carboxylic acid groups (broad SMARTS) is 1. The summed E-state index contributed by atoms with van der Waals surface area (Å²) in [7, 11) is 0. The summed E-state index contributed by atoms with van der Waals surface area (Å²) in [6, 6.07) is 4.49. The summed E-state index contributed by atoms with van der Waals surface area (Å²) in [6.07, 6.45) is 0.591. The normalized spacial score (nSPS) is 26.1. The summed E-state index contributed by atoms with van der Waals surface area (Å²) < 4.78 is 13.9. The smallest absolute Gasteiger partial charge is 0.313 e. The van der Waals surface area contributed by atoms with E-state index in [1.807, 2.05) is 11.8 Å². The second kappa shape index (κ2) is 6.94. The molecule has 0 bridgehead atoms. The van der Waals surface area contributed by atoms with Gasteiger partial charge in [-0.2, -0.15) is 0 Å². The number of carbonyl (C=O) groups is 1.